The molecule has 0 amide bonds. The van der Waals surface area contributed by atoms with Crippen molar-refractivity contribution in [3.63, 3.8) is 0 Å². The molecule has 0 saturated carbocycles. The fraction of sp³-hybridized carbons (Fsp3) is 0.379. The zero-order valence-electron chi connectivity index (χ0n) is 21.5. The van der Waals surface area contributed by atoms with Gasteiger partial charge in [0.2, 0.25) is 0 Å². The van der Waals surface area contributed by atoms with Crippen molar-refractivity contribution in [2.75, 3.05) is 13.7 Å². The first-order valence-electron chi connectivity index (χ1n) is 13.2. The summed E-state index contributed by atoms with van der Waals surface area (Å²) in [6, 6.07) is 12.5. The summed E-state index contributed by atoms with van der Waals surface area (Å²) in [6.45, 7) is 0.722. The van der Waals surface area contributed by atoms with Gasteiger partial charge in [0, 0.05) is 60.0 Å². The van der Waals surface area contributed by atoms with E-state index < -0.39 is 17.8 Å². The SMILES string of the molecule is COC(=O)[C@@H]1Cc2c([nH]c3ccccc23)[C@@H]2C[C@@H](NCCc3cnc[nH]3)C[C@@H](c3ccc(C(F)(F)F)cc3)N12. The summed E-state index contributed by atoms with van der Waals surface area (Å²) in [4.78, 5) is 26.2. The number of hydrogen-bond acceptors (Lipinski definition) is 5. The number of esters is 1. The molecule has 2 aromatic carbocycles. The van der Waals surface area contributed by atoms with Gasteiger partial charge in [-0.05, 0) is 42.2 Å². The van der Waals surface area contributed by atoms with E-state index in [-0.39, 0.29) is 24.1 Å². The Kier molecular flexibility index (Phi) is 6.68. The quantitative estimate of drug-likeness (QED) is 0.299. The number of alkyl halides is 3. The van der Waals surface area contributed by atoms with Crippen LogP contribution < -0.4 is 5.32 Å². The molecule has 2 aliphatic heterocycles. The van der Waals surface area contributed by atoms with Crippen molar-refractivity contribution in [2.24, 2.45) is 0 Å². The largest absolute Gasteiger partial charge is 0.468 e. The third kappa shape index (κ3) is 4.83. The number of halogens is 3. The molecule has 0 unspecified atom stereocenters. The summed E-state index contributed by atoms with van der Waals surface area (Å²) in [7, 11) is 1.39. The molecule has 0 bridgehead atoms. The zero-order valence-corrected chi connectivity index (χ0v) is 21.5. The number of para-hydroxylation sites is 1. The number of aromatic nitrogens is 3. The van der Waals surface area contributed by atoms with Crippen LogP contribution in [0.4, 0.5) is 13.2 Å². The number of ether oxygens (including phenoxy) is 1. The molecule has 2 aromatic heterocycles. The molecule has 3 N–H and O–H groups in total. The molecule has 39 heavy (non-hydrogen) atoms. The minimum absolute atomic E-state index is 0.0807. The lowest BCUT2D eigenvalue weighted by Crippen LogP contribution is -2.55. The Morgan fingerprint density at radius 2 is 1.90 bits per heavy atom. The van der Waals surface area contributed by atoms with Gasteiger partial charge in [0.25, 0.3) is 0 Å². The fourth-order valence-electron chi connectivity index (χ4n) is 6.36. The van der Waals surface area contributed by atoms with E-state index in [1.54, 1.807) is 24.7 Å². The molecule has 0 spiro atoms. The second kappa shape index (κ2) is 10.2. The summed E-state index contributed by atoms with van der Waals surface area (Å²) in [5.74, 6) is -0.335. The number of carbonyl (C=O) groups is 1. The summed E-state index contributed by atoms with van der Waals surface area (Å²) < 4.78 is 45.3. The van der Waals surface area contributed by atoms with Gasteiger partial charge in [-0.3, -0.25) is 9.69 Å². The van der Waals surface area contributed by atoms with Crippen molar-refractivity contribution in [1.29, 1.82) is 0 Å². The molecule has 1 saturated heterocycles. The number of carbonyl (C=O) groups excluding carboxylic acids is 1. The first-order valence-corrected chi connectivity index (χ1v) is 13.2. The molecule has 2 aliphatic rings. The van der Waals surface area contributed by atoms with Gasteiger partial charge in [0.1, 0.15) is 6.04 Å². The van der Waals surface area contributed by atoms with Crippen LogP contribution in [-0.4, -0.2) is 51.6 Å². The molecule has 4 atom stereocenters. The summed E-state index contributed by atoms with van der Waals surface area (Å²) in [6.07, 6.45) is 1.68. The highest BCUT2D eigenvalue weighted by Crippen LogP contribution is 2.49. The number of methoxy groups -OCH3 is 1. The van der Waals surface area contributed by atoms with Crippen molar-refractivity contribution in [3.05, 3.63) is 89.1 Å². The lowest BCUT2D eigenvalue weighted by Gasteiger charge is -2.50. The van der Waals surface area contributed by atoms with Gasteiger partial charge in [-0.25, -0.2) is 4.98 Å². The van der Waals surface area contributed by atoms with Crippen molar-refractivity contribution in [2.45, 2.75) is 56.0 Å². The van der Waals surface area contributed by atoms with E-state index in [1.165, 1.54) is 7.11 Å². The molecule has 1 fully saturated rings. The summed E-state index contributed by atoms with van der Waals surface area (Å²) in [5, 5.41) is 4.75. The Balaban J connectivity index is 1.39. The predicted octanol–water partition coefficient (Wildman–Crippen LogP) is 5.09. The van der Waals surface area contributed by atoms with E-state index in [0.717, 1.165) is 64.9 Å². The average Bonchev–Trinajstić information content (AvgIpc) is 3.59. The molecule has 0 aliphatic carbocycles. The van der Waals surface area contributed by atoms with Gasteiger partial charge in [-0.2, -0.15) is 13.2 Å². The molecule has 0 radical (unpaired) electrons. The van der Waals surface area contributed by atoms with Gasteiger partial charge < -0.3 is 20.0 Å². The van der Waals surface area contributed by atoms with Crippen LogP contribution in [0, 0.1) is 0 Å². The topological polar surface area (TPSA) is 86.0 Å². The van der Waals surface area contributed by atoms with Gasteiger partial charge in [0.05, 0.1) is 25.0 Å². The van der Waals surface area contributed by atoms with Gasteiger partial charge in [-0.15, -0.1) is 0 Å². The number of fused-ring (bicyclic) bond motifs is 5. The monoisotopic (exact) mass is 537 g/mol. The van der Waals surface area contributed by atoms with E-state index in [2.05, 4.69) is 31.2 Å². The molecular weight excluding hydrogens is 507 g/mol. The summed E-state index contributed by atoms with van der Waals surface area (Å²) in [5.41, 5.74) is 4.27. The molecule has 204 valence electrons. The van der Waals surface area contributed by atoms with Gasteiger partial charge >= 0.3 is 12.1 Å². The second-order valence-corrected chi connectivity index (χ2v) is 10.4. The Morgan fingerprint density at radius 1 is 1.13 bits per heavy atom. The third-order valence-corrected chi connectivity index (χ3v) is 8.15. The standard InChI is InChI=1S/C29H30F3N5O2/c1-39-28(38)26-14-22-21-4-2-3-5-23(21)36-27(22)25-13-20(34-11-10-19-15-33-16-35-19)12-24(37(25)26)17-6-8-18(9-7-17)29(30,31)32/h2-9,15-16,20,24-26,34,36H,10-14H2,1H3,(H,33,35)/t20-,24-,25-,26-/m0/s1. The first kappa shape index (κ1) is 25.6. The van der Waals surface area contributed by atoms with Crippen LogP contribution in [0.5, 0.6) is 0 Å². The first-order chi connectivity index (χ1) is 18.8. The van der Waals surface area contributed by atoms with Crippen molar-refractivity contribution >= 4 is 16.9 Å². The highest BCUT2D eigenvalue weighted by Gasteiger charge is 2.48. The molecule has 7 nitrogen and oxygen atoms in total. The maximum atomic E-state index is 13.3. The van der Waals surface area contributed by atoms with E-state index in [0.29, 0.717) is 12.8 Å². The molecule has 4 aromatic rings. The highest BCUT2D eigenvalue weighted by atomic mass is 19.4. The van der Waals surface area contributed by atoms with E-state index >= 15 is 0 Å². The van der Waals surface area contributed by atoms with Crippen molar-refractivity contribution < 1.29 is 22.7 Å². The van der Waals surface area contributed by atoms with Crippen LogP contribution in [0.2, 0.25) is 0 Å². The predicted molar refractivity (Wildman–Crippen MR) is 140 cm³/mol. The highest BCUT2D eigenvalue weighted by molar-refractivity contribution is 5.87. The van der Waals surface area contributed by atoms with Crippen LogP contribution in [0.25, 0.3) is 10.9 Å². The number of nitrogens with one attached hydrogen (secondary N) is 3. The van der Waals surface area contributed by atoms with Crippen LogP contribution >= 0.6 is 0 Å². The number of H-pyrrole nitrogens is 2. The zero-order chi connectivity index (χ0) is 27.1. The number of aromatic amines is 2. The smallest absolute Gasteiger partial charge is 0.416 e. The number of nitrogens with zero attached hydrogens (tertiary/aromatic N) is 2. The maximum Gasteiger partial charge on any atom is 0.416 e. The van der Waals surface area contributed by atoms with Gasteiger partial charge in [-0.1, -0.05) is 30.3 Å². The van der Waals surface area contributed by atoms with Crippen LogP contribution in [-0.2, 0) is 28.5 Å². The number of benzene rings is 2. The summed E-state index contributed by atoms with van der Waals surface area (Å²) >= 11 is 0. The fourth-order valence-corrected chi connectivity index (χ4v) is 6.36. The number of piperidine rings is 1. The van der Waals surface area contributed by atoms with Crippen molar-refractivity contribution in [1.82, 2.24) is 25.2 Å². The Bertz CT molecular complexity index is 1450. The normalized spacial score (nSPS) is 23.4. The molecule has 6 rings (SSSR count). The molecule has 4 heterocycles. The van der Waals surface area contributed by atoms with E-state index in [1.807, 2.05) is 18.2 Å². The second-order valence-electron chi connectivity index (χ2n) is 10.4. The van der Waals surface area contributed by atoms with E-state index in [4.69, 9.17) is 4.74 Å². The van der Waals surface area contributed by atoms with E-state index in [9.17, 15) is 18.0 Å². The lowest BCUT2D eigenvalue weighted by molar-refractivity contribution is -0.152. The Labute approximate surface area is 223 Å². The number of rotatable bonds is 6. The van der Waals surface area contributed by atoms with Crippen LogP contribution in [0.1, 0.15) is 53.0 Å². The average molecular weight is 538 g/mol. The Morgan fingerprint density at radius 3 is 2.62 bits per heavy atom. The maximum absolute atomic E-state index is 13.3. The number of hydrogen-bond donors (Lipinski definition) is 3. The minimum Gasteiger partial charge on any atom is -0.468 e. The lowest BCUT2D eigenvalue weighted by atomic mass is 9.79. The van der Waals surface area contributed by atoms with Crippen LogP contribution in [0.3, 0.4) is 0 Å². The Hall–Kier alpha value is -3.63. The van der Waals surface area contributed by atoms with Crippen molar-refractivity contribution in [3.8, 4) is 0 Å². The minimum atomic E-state index is -4.41. The third-order valence-electron chi connectivity index (χ3n) is 8.15. The van der Waals surface area contributed by atoms with Crippen LogP contribution in [0.15, 0.2) is 61.1 Å². The molecular formula is C29H30F3N5O2. The molecule has 10 heteroatoms. The van der Waals surface area contributed by atoms with Gasteiger partial charge in [0.15, 0.2) is 0 Å². The number of imidazole rings is 1.